The summed E-state index contributed by atoms with van der Waals surface area (Å²) < 4.78 is 13.1. The first kappa shape index (κ1) is 17.7. The first-order valence-corrected chi connectivity index (χ1v) is 7.59. The number of aromatic nitrogens is 1. The standard InChI is InChI=1S/C14H17ClFN3OS/c1-9(2)13(20)19(4)14(12(15)17-3)21-8-10-5-11(16)7-18-6-10/h5-7,9H,3,8H2,1-2,4H3/b14-12-. The van der Waals surface area contributed by atoms with E-state index in [1.807, 2.05) is 0 Å². The second kappa shape index (κ2) is 8.14. The molecule has 1 rings (SSSR count). The second-order valence-electron chi connectivity index (χ2n) is 4.61. The van der Waals surface area contributed by atoms with Gasteiger partial charge >= 0.3 is 0 Å². The third-order valence-electron chi connectivity index (χ3n) is 2.58. The summed E-state index contributed by atoms with van der Waals surface area (Å²) >= 11 is 7.30. The van der Waals surface area contributed by atoms with E-state index in [-0.39, 0.29) is 17.0 Å². The fourth-order valence-corrected chi connectivity index (χ4v) is 2.76. The fraction of sp³-hybridized carbons (Fsp3) is 0.357. The molecule has 0 fully saturated rings. The van der Waals surface area contributed by atoms with Crippen LogP contribution in [0.1, 0.15) is 19.4 Å². The smallest absolute Gasteiger partial charge is 0.229 e. The van der Waals surface area contributed by atoms with E-state index in [4.69, 9.17) is 11.6 Å². The highest BCUT2D eigenvalue weighted by atomic mass is 35.5. The van der Waals surface area contributed by atoms with Crippen molar-refractivity contribution in [3.8, 4) is 0 Å². The average Bonchev–Trinajstić information content (AvgIpc) is 2.45. The molecule has 7 heteroatoms. The Hall–Kier alpha value is -1.40. The largest absolute Gasteiger partial charge is 0.307 e. The van der Waals surface area contributed by atoms with Crippen molar-refractivity contribution in [3.63, 3.8) is 0 Å². The molecule has 0 aliphatic carbocycles. The SMILES string of the molecule is C=N/C(Cl)=C(\SCc1cncc(F)c1)N(C)C(=O)C(C)C. The van der Waals surface area contributed by atoms with Crippen molar-refractivity contribution in [3.05, 3.63) is 40.0 Å². The number of rotatable bonds is 6. The summed E-state index contributed by atoms with van der Waals surface area (Å²) in [5, 5.41) is 0.621. The number of carbonyl (C=O) groups is 1. The molecule has 0 N–H and O–H groups in total. The zero-order valence-corrected chi connectivity index (χ0v) is 13.7. The predicted molar refractivity (Wildman–Crippen MR) is 85.5 cm³/mol. The van der Waals surface area contributed by atoms with Gasteiger partial charge in [0.1, 0.15) is 10.8 Å². The third-order valence-corrected chi connectivity index (χ3v) is 4.21. The van der Waals surface area contributed by atoms with E-state index in [9.17, 15) is 9.18 Å². The number of pyridine rings is 1. The van der Waals surface area contributed by atoms with Crippen LogP contribution in [0.5, 0.6) is 0 Å². The minimum Gasteiger partial charge on any atom is -0.307 e. The fourth-order valence-electron chi connectivity index (χ4n) is 1.54. The molecule has 0 radical (unpaired) electrons. The molecular weight excluding hydrogens is 313 g/mol. The molecule has 0 atom stereocenters. The van der Waals surface area contributed by atoms with Gasteiger partial charge in [0, 0.05) is 24.9 Å². The normalized spacial score (nSPS) is 12.1. The quantitative estimate of drug-likeness (QED) is 0.591. The lowest BCUT2D eigenvalue weighted by Gasteiger charge is -2.22. The Kier molecular flexibility index (Phi) is 6.84. The molecule has 1 heterocycles. The molecule has 21 heavy (non-hydrogen) atoms. The Morgan fingerprint density at radius 1 is 1.57 bits per heavy atom. The summed E-state index contributed by atoms with van der Waals surface area (Å²) in [5.41, 5.74) is 0.691. The molecule has 0 aromatic carbocycles. The summed E-state index contributed by atoms with van der Waals surface area (Å²) in [6.45, 7) is 6.97. The predicted octanol–water partition coefficient (Wildman–Crippen LogP) is 3.63. The highest BCUT2D eigenvalue weighted by Gasteiger charge is 2.20. The van der Waals surface area contributed by atoms with E-state index in [0.29, 0.717) is 16.3 Å². The van der Waals surface area contributed by atoms with Crippen LogP contribution in [0.2, 0.25) is 0 Å². The maximum Gasteiger partial charge on any atom is 0.229 e. The highest BCUT2D eigenvalue weighted by Crippen LogP contribution is 2.30. The van der Waals surface area contributed by atoms with E-state index in [0.717, 1.165) is 6.20 Å². The van der Waals surface area contributed by atoms with Gasteiger partial charge in [-0.3, -0.25) is 9.78 Å². The maximum atomic E-state index is 13.1. The molecule has 1 amide bonds. The summed E-state index contributed by atoms with van der Waals surface area (Å²) in [6.07, 6.45) is 2.70. The highest BCUT2D eigenvalue weighted by molar-refractivity contribution is 8.02. The van der Waals surface area contributed by atoms with E-state index >= 15 is 0 Å². The molecule has 114 valence electrons. The van der Waals surface area contributed by atoms with E-state index in [2.05, 4.69) is 16.7 Å². The molecule has 0 unspecified atom stereocenters. The Bertz CT molecular complexity index is 563. The van der Waals surface area contributed by atoms with Crippen molar-refractivity contribution in [1.29, 1.82) is 0 Å². The minimum absolute atomic E-state index is 0.0864. The molecule has 0 bridgehead atoms. The molecule has 0 saturated carbocycles. The van der Waals surface area contributed by atoms with Crippen molar-refractivity contribution >= 4 is 36.0 Å². The van der Waals surface area contributed by atoms with Gasteiger partial charge in [0.25, 0.3) is 0 Å². The molecule has 1 aromatic heterocycles. The summed E-state index contributed by atoms with van der Waals surface area (Å²) in [5.74, 6) is -0.243. The number of hydrogen-bond donors (Lipinski definition) is 0. The molecule has 0 aliphatic heterocycles. The van der Waals surface area contributed by atoms with Crippen LogP contribution in [-0.2, 0) is 10.5 Å². The van der Waals surface area contributed by atoms with Gasteiger partial charge in [-0.25, -0.2) is 9.38 Å². The van der Waals surface area contributed by atoms with Gasteiger partial charge in [-0.15, -0.1) is 11.8 Å². The Morgan fingerprint density at radius 3 is 2.76 bits per heavy atom. The van der Waals surface area contributed by atoms with Gasteiger partial charge in [0.05, 0.1) is 6.20 Å². The van der Waals surface area contributed by atoms with Crippen LogP contribution in [0.4, 0.5) is 4.39 Å². The summed E-state index contributed by atoms with van der Waals surface area (Å²) in [4.78, 5) is 21.0. The van der Waals surface area contributed by atoms with E-state index < -0.39 is 5.82 Å². The van der Waals surface area contributed by atoms with Crippen LogP contribution in [0, 0.1) is 11.7 Å². The van der Waals surface area contributed by atoms with E-state index in [1.54, 1.807) is 27.1 Å². The first-order valence-electron chi connectivity index (χ1n) is 6.23. The van der Waals surface area contributed by atoms with Gasteiger partial charge in [0.15, 0.2) is 5.16 Å². The second-order valence-corrected chi connectivity index (χ2v) is 5.93. The molecule has 0 saturated heterocycles. The molecule has 4 nitrogen and oxygen atoms in total. The first-order chi connectivity index (χ1) is 9.86. The van der Waals surface area contributed by atoms with Crippen molar-refractivity contribution in [2.45, 2.75) is 19.6 Å². The topological polar surface area (TPSA) is 45.6 Å². The number of halogens is 2. The Labute approximate surface area is 133 Å². The lowest BCUT2D eigenvalue weighted by molar-refractivity contribution is -0.130. The monoisotopic (exact) mass is 329 g/mol. The van der Waals surface area contributed by atoms with Crippen molar-refractivity contribution in [2.24, 2.45) is 10.9 Å². The van der Waals surface area contributed by atoms with Gasteiger partial charge in [-0.1, -0.05) is 25.4 Å². The number of amides is 1. The van der Waals surface area contributed by atoms with Crippen molar-refractivity contribution < 1.29 is 9.18 Å². The zero-order valence-electron chi connectivity index (χ0n) is 12.1. The number of nitrogens with zero attached hydrogens (tertiary/aromatic N) is 3. The van der Waals surface area contributed by atoms with Gasteiger partial charge in [-0.05, 0) is 18.3 Å². The molecular formula is C14H17ClFN3OS. The van der Waals surface area contributed by atoms with Gasteiger partial charge < -0.3 is 4.90 Å². The summed E-state index contributed by atoms with van der Waals surface area (Å²) in [7, 11) is 1.63. The van der Waals surface area contributed by atoms with E-state index in [1.165, 1.54) is 22.7 Å². The summed E-state index contributed by atoms with van der Waals surface area (Å²) in [6, 6.07) is 1.39. The average molecular weight is 330 g/mol. The number of aliphatic imine (C=N–C) groups is 1. The number of carbonyl (C=O) groups excluding carboxylic acids is 1. The third kappa shape index (κ3) is 5.13. The zero-order chi connectivity index (χ0) is 16.0. The van der Waals surface area contributed by atoms with Gasteiger partial charge in [0.2, 0.25) is 5.91 Å². The molecule has 1 aromatic rings. The molecule has 0 spiro atoms. The van der Waals surface area contributed by atoms with Crippen LogP contribution in [0.15, 0.2) is 33.6 Å². The lowest BCUT2D eigenvalue weighted by atomic mass is 10.2. The Balaban J connectivity index is 2.91. The lowest BCUT2D eigenvalue weighted by Crippen LogP contribution is -2.29. The van der Waals surface area contributed by atoms with Crippen LogP contribution >= 0.6 is 23.4 Å². The van der Waals surface area contributed by atoms with Crippen LogP contribution in [0.3, 0.4) is 0 Å². The maximum absolute atomic E-state index is 13.1. The Morgan fingerprint density at radius 2 is 2.24 bits per heavy atom. The number of hydrogen-bond acceptors (Lipinski definition) is 4. The van der Waals surface area contributed by atoms with Crippen LogP contribution in [-0.4, -0.2) is 29.6 Å². The minimum atomic E-state index is -0.404. The van der Waals surface area contributed by atoms with Gasteiger partial charge in [-0.2, -0.15) is 0 Å². The molecule has 0 aliphatic rings. The van der Waals surface area contributed by atoms with Crippen LogP contribution < -0.4 is 0 Å². The van der Waals surface area contributed by atoms with Crippen molar-refractivity contribution in [1.82, 2.24) is 9.88 Å². The van der Waals surface area contributed by atoms with Crippen LogP contribution in [0.25, 0.3) is 0 Å². The van der Waals surface area contributed by atoms with Crippen molar-refractivity contribution in [2.75, 3.05) is 7.05 Å². The number of thioether (sulfide) groups is 1.